The lowest BCUT2D eigenvalue weighted by Gasteiger charge is -2.38. The normalized spacial score (nSPS) is 16.2. The molecule has 1 aliphatic rings. The van der Waals surface area contributed by atoms with Gasteiger partial charge < -0.3 is 14.6 Å². The molecule has 138 valence electrons. The van der Waals surface area contributed by atoms with Crippen molar-refractivity contribution >= 4 is 5.91 Å². The SMILES string of the molecule is O=C(CCn1ccccc1=O)NCC1(c2cccc(F)c2)CCOCC1. The van der Waals surface area contributed by atoms with Gasteiger partial charge in [-0.25, -0.2) is 4.39 Å². The quantitative estimate of drug-likeness (QED) is 0.862. The second-order valence-electron chi connectivity index (χ2n) is 6.66. The van der Waals surface area contributed by atoms with Crippen LogP contribution in [0.15, 0.2) is 53.5 Å². The lowest BCUT2D eigenvalue weighted by Crippen LogP contribution is -2.44. The summed E-state index contributed by atoms with van der Waals surface area (Å²) in [5.74, 6) is -0.397. The Balaban J connectivity index is 1.63. The number of amides is 1. The van der Waals surface area contributed by atoms with Crippen molar-refractivity contribution in [1.29, 1.82) is 0 Å². The second-order valence-corrected chi connectivity index (χ2v) is 6.66. The molecule has 2 aromatic rings. The standard InChI is InChI=1S/C20H23FN2O3/c21-17-5-3-4-16(14-17)20(8-12-26-13-9-20)15-22-18(24)7-11-23-10-2-1-6-19(23)25/h1-6,10,14H,7-9,11-13,15H2,(H,22,24). The van der Waals surface area contributed by atoms with E-state index in [0.717, 1.165) is 18.4 Å². The summed E-state index contributed by atoms with van der Waals surface area (Å²) in [5.41, 5.74) is 0.445. The van der Waals surface area contributed by atoms with Gasteiger partial charge in [0.05, 0.1) is 0 Å². The topological polar surface area (TPSA) is 60.3 Å². The monoisotopic (exact) mass is 358 g/mol. The number of carbonyl (C=O) groups is 1. The highest BCUT2D eigenvalue weighted by molar-refractivity contribution is 5.76. The molecule has 26 heavy (non-hydrogen) atoms. The van der Waals surface area contributed by atoms with Crippen LogP contribution in [-0.2, 0) is 21.5 Å². The van der Waals surface area contributed by atoms with Crippen molar-refractivity contribution in [2.75, 3.05) is 19.8 Å². The summed E-state index contributed by atoms with van der Waals surface area (Å²) in [7, 11) is 0. The van der Waals surface area contributed by atoms with Crippen LogP contribution >= 0.6 is 0 Å². The van der Waals surface area contributed by atoms with Gasteiger partial charge in [0, 0.05) is 50.4 Å². The van der Waals surface area contributed by atoms with Crippen LogP contribution in [0.2, 0.25) is 0 Å². The molecule has 1 aromatic carbocycles. The Hall–Kier alpha value is -2.47. The summed E-state index contributed by atoms with van der Waals surface area (Å²) >= 11 is 0. The number of nitrogens with one attached hydrogen (secondary N) is 1. The van der Waals surface area contributed by atoms with Gasteiger partial charge in [0.1, 0.15) is 5.82 Å². The molecule has 1 amide bonds. The molecule has 0 spiro atoms. The number of nitrogens with zero attached hydrogens (tertiary/aromatic N) is 1. The highest BCUT2D eigenvalue weighted by Crippen LogP contribution is 2.34. The molecule has 3 rings (SSSR count). The molecule has 0 bridgehead atoms. The van der Waals surface area contributed by atoms with Gasteiger partial charge in [-0.15, -0.1) is 0 Å². The smallest absolute Gasteiger partial charge is 0.250 e. The van der Waals surface area contributed by atoms with Crippen LogP contribution in [0.25, 0.3) is 0 Å². The molecule has 1 N–H and O–H groups in total. The number of hydrogen-bond donors (Lipinski definition) is 1. The number of pyridine rings is 1. The van der Waals surface area contributed by atoms with E-state index in [2.05, 4.69) is 5.32 Å². The summed E-state index contributed by atoms with van der Waals surface area (Å²) < 4.78 is 20.7. The van der Waals surface area contributed by atoms with Crippen LogP contribution in [0.1, 0.15) is 24.8 Å². The molecule has 1 saturated heterocycles. The molecule has 1 fully saturated rings. The maximum atomic E-state index is 13.7. The number of aromatic nitrogens is 1. The molecule has 5 nitrogen and oxygen atoms in total. The van der Waals surface area contributed by atoms with Gasteiger partial charge in [-0.2, -0.15) is 0 Å². The minimum Gasteiger partial charge on any atom is -0.381 e. The van der Waals surface area contributed by atoms with Gasteiger partial charge in [0.25, 0.3) is 5.56 Å². The maximum Gasteiger partial charge on any atom is 0.250 e. The third-order valence-electron chi connectivity index (χ3n) is 4.99. The summed E-state index contributed by atoms with van der Waals surface area (Å²) in [6, 6.07) is 11.5. The van der Waals surface area contributed by atoms with E-state index in [9.17, 15) is 14.0 Å². The molecule has 1 aliphatic heterocycles. The van der Waals surface area contributed by atoms with E-state index in [1.807, 2.05) is 6.07 Å². The van der Waals surface area contributed by atoms with Gasteiger partial charge in [-0.05, 0) is 36.6 Å². The largest absolute Gasteiger partial charge is 0.381 e. The van der Waals surface area contributed by atoms with E-state index >= 15 is 0 Å². The zero-order chi connectivity index (χ0) is 18.4. The highest BCUT2D eigenvalue weighted by atomic mass is 19.1. The molecule has 0 aliphatic carbocycles. The first-order valence-corrected chi connectivity index (χ1v) is 8.85. The molecule has 0 unspecified atom stereocenters. The zero-order valence-electron chi connectivity index (χ0n) is 14.6. The summed E-state index contributed by atoms with van der Waals surface area (Å²) in [6.45, 7) is 1.95. The summed E-state index contributed by atoms with van der Waals surface area (Å²) in [5, 5.41) is 2.97. The number of carbonyl (C=O) groups excluding carboxylic acids is 1. The van der Waals surface area contributed by atoms with E-state index in [0.29, 0.717) is 26.3 Å². The average molecular weight is 358 g/mol. The summed E-state index contributed by atoms with van der Waals surface area (Å²) in [4.78, 5) is 24.0. The number of benzene rings is 1. The molecule has 0 saturated carbocycles. The van der Waals surface area contributed by atoms with Crippen molar-refractivity contribution < 1.29 is 13.9 Å². The number of aryl methyl sites for hydroxylation is 1. The molecule has 0 atom stereocenters. The molecule has 0 radical (unpaired) electrons. The molecule has 2 heterocycles. The average Bonchev–Trinajstić information content (AvgIpc) is 2.66. The Morgan fingerprint density at radius 2 is 2.00 bits per heavy atom. The van der Waals surface area contributed by atoms with Crippen molar-refractivity contribution in [2.45, 2.75) is 31.2 Å². The predicted octanol–water partition coefficient (Wildman–Crippen LogP) is 2.24. The van der Waals surface area contributed by atoms with Gasteiger partial charge >= 0.3 is 0 Å². The number of ether oxygens (including phenoxy) is 1. The fourth-order valence-electron chi connectivity index (χ4n) is 3.37. The van der Waals surface area contributed by atoms with Crippen molar-refractivity contribution in [2.24, 2.45) is 0 Å². The second kappa shape index (κ2) is 8.27. The van der Waals surface area contributed by atoms with E-state index in [-0.39, 0.29) is 29.1 Å². The molecule has 1 aromatic heterocycles. The van der Waals surface area contributed by atoms with E-state index in [4.69, 9.17) is 4.74 Å². The Bertz CT molecular complexity index is 812. The first-order valence-electron chi connectivity index (χ1n) is 8.85. The van der Waals surface area contributed by atoms with Gasteiger partial charge in [0.2, 0.25) is 5.91 Å². The first-order chi connectivity index (χ1) is 12.6. The fraction of sp³-hybridized carbons (Fsp3) is 0.400. The lowest BCUT2D eigenvalue weighted by molar-refractivity contribution is -0.121. The maximum absolute atomic E-state index is 13.7. The fourth-order valence-corrected chi connectivity index (χ4v) is 3.37. The minimum atomic E-state index is -0.320. The Morgan fingerprint density at radius 1 is 1.19 bits per heavy atom. The molecule has 6 heteroatoms. The van der Waals surface area contributed by atoms with Crippen LogP contribution in [0.3, 0.4) is 0 Å². The van der Waals surface area contributed by atoms with Crippen molar-refractivity contribution in [3.05, 3.63) is 70.4 Å². The van der Waals surface area contributed by atoms with Crippen LogP contribution < -0.4 is 10.9 Å². The molecular formula is C20H23FN2O3. The van der Waals surface area contributed by atoms with Crippen molar-refractivity contribution in [3.63, 3.8) is 0 Å². The van der Waals surface area contributed by atoms with Gasteiger partial charge in [0.15, 0.2) is 0 Å². The lowest BCUT2D eigenvalue weighted by atomic mass is 9.74. The van der Waals surface area contributed by atoms with E-state index in [1.165, 1.54) is 16.7 Å². The van der Waals surface area contributed by atoms with Gasteiger partial charge in [-0.1, -0.05) is 18.2 Å². The third kappa shape index (κ3) is 4.38. The van der Waals surface area contributed by atoms with Crippen LogP contribution in [0.4, 0.5) is 4.39 Å². The molecular weight excluding hydrogens is 335 g/mol. The third-order valence-corrected chi connectivity index (χ3v) is 4.99. The predicted molar refractivity (Wildman–Crippen MR) is 96.5 cm³/mol. The Morgan fingerprint density at radius 3 is 2.73 bits per heavy atom. The van der Waals surface area contributed by atoms with Crippen molar-refractivity contribution in [1.82, 2.24) is 9.88 Å². The first kappa shape index (κ1) is 18.3. The Kier molecular flexibility index (Phi) is 5.83. The Labute approximate surface area is 151 Å². The van der Waals surface area contributed by atoms with Crippen LogP contribution in [0, 0.1) is 5.82 Å². The number of rotatable bonds is 6. The van der Waals surface area contributed by atoms with E-state index < -0.39 is 0 Å². The van der Waals surface area contributed by atoms with Crippen molar-refractivity contribution in [3.8, 4) is 0 Å². The van der Waals surface area contributed by atoms with Crippen LogP contribution in [0.5, 0.6) is 0 Å². The zero-order valence-corrected chi connectivity index (χ0v) is 14.6. The minimum absolute atomic E-state index is 0.122. The number of halogens is 1. The van der Waals surface area contributed by atoms with E-state index in [1.54, 1.807) is 30.5 Å². The highest BCUT2D eigenvalue weighted by Gasteiger charge is 2.35. The van der Waals surface area contributed by atoms with Crippen LogP contribution in [-0.4, -0.2) is 30.2 Å². The summed E-state index contributed by atoms with van der Waals surface area (Å²) in [6.07, 6.45) is 3.35. The number of hydrogen-bond acceptors (Lipinski definition) is 3. The van der Waals surface area contributed by atoms with Gasteiger partial charge in [-0.3, -0.25) is 9.59 Å².